The number of aromatic nitrogens is 1. The third-order valence-electron chi connectivity index (χ3n) is 3.43. The molecule has 2 heterocycles. The zero-order valence-corrected chi connectivity index (χ0v) is 10.9. The van der Waals surface area contributed by atoms with Gasteiger partial charge in [0, 0.05) is 19.1 Å². The average Bonchev–Trinajstić information content (AvgIpc) is 2.85. The highest BCUT2D eigenvalue weighted by molar-refractivity contribution is 5.48. The highest BCUT2D eigenvalue weighted by Gasteiger charge is 2.23. The average molecular weight is 233 g/mol. The molecule has 1 fully saturated rings. The molecule has 0 radical (unpaired) electrons. The first-order valence-corrected chi connectivity index (χ1v) is 6.82. The molecule has 2 rings (SSSR count). The summed E-state index contributed by atoms with van der Waals surface area (Å²) in [6.45, 7) is 6.59. The van der Waals surface area contributed by atoms with E-state index in [1.807, 2.05) is 0 Å². The molecule has 0 saturated carbocycles. The van der Waals surface area contributed by atoms with Gasteiger partial charge in [-0.25, -0.2) is 4.98 Å². The van der Waals surface area contributed by atoms with Crippen LogP contribution in [0.1, 0.15) is 39.5 Å². The topological polar surface area (TPSA) is 28.2 Å². The molecule has 3 nitrogen and oxygen atoms in total. The van der Waals surface area contributed by atoms with Crippen molar-refractivity contribution in [3.8, 4) is 0 Å². The van der Waals surface area contributed by atoms with E-state index in [4.69, 9.17) is 4.98 Å². The Morgan fingerprint density at radius 2 is 2.29 bits per heavy atom. The predicted octanol–water partition coefficient (Wildman–Crippen LogP) is 3.28. The summed E-state index contributed by atoms with van der Waals surface area (Å²) in [7, 11) is 0. The van der Waals surface area contributed by atoms with Crippen molar-refractivity contribution in [1.82, 2.24) is 4.98 Å². The van der Waals surface area contributed by atoms with Crippen molar-refractivity contribution in [3.05, 3.63) is 18.2 Å². The van der Waals surface area contributed by atoms with Crippen LogP contribution in [0.2, 0.25) is 0 Å². The van der Waals surface area contributed by atoms with Crippen LogP contribution >= 0.6 is 0 Å². The molecule has 1 unspecified atom stereocenters. The minimum atomic E-state index is 0.684. The molecule has 1 aromatic heterocycles. The summed E-state index contributed by atoms with van der Waals surface area (Å²) in [5.74, 6) is 2.14. The normalized spacial score (nSPS) is 19.6. The molecule has 0 aliphatic carbocycles. The van der Waals surface area contributed by atoms with E-state index < -0.39 is 0 Å². The van der Waals surface area contributed by atoms with Crippen LogP contribution in [0.5, 0.6) is 0 Å². The Morgan fingerprint density at radius 1 is 1.41 bits per heavy atom. The van der Waals surface area contributed by atoms with Crippen LogP contribution < -0.4 is 10.2 Å². The molecule has 0 spiro atoms. The van der Waals surface area contributed by atoms with E-state index in [-0.39, 0.29) is 0 Å². The zero-order valence-electron chi connectivity index (χ0n) is 10.9. The molecule has 94 valence electrons. The van der Waals surface area contributed by atoms with Crippen LogP contribution in [0.4, 0.5) is 11.6 Å². The van der Waals surface area contributed by atoms with E-state index in [2.05, 4.69) is 42.3 Å². The maximum absolute atomic E-state index is 4.71. The second-order valence-corrected chi connectivity index (χ2v) is 4.71. The summed E-state index contributed by atoms with van der Waals surface area (Å²) in [5, 5.41) is 3.35. The van der Waals surface area contributed by atoms with Gasteiger partial charge in [-0.3, -0.25) is 0 Å². The quantitative estimate of drug-likeness (QED) is 0.846. The standard InChI is InChI=1S/C14H23N3/c1-3-10-15-13-8-5-9-14(16-13)17-11-6-7-12(17)4-2/h5,8-9,12H,3-4,6-7,10-11H2,1-2H3,(H,15,16). The van der Waals surface area contributed by atoms with Crippen LogP contribution in [0.25, 0.3) is 0 Å². The van der Waals surface area contributed by atoms with Crippen LogP contribution in [0, 0.1) is 0 Å². The molecular weight excluding hydrogens is 210 g/mol. The lowest BCUT2D eigenvalue weighted by Crippen LogP contribution is -2.29. The first kappa shape index (κ1) is 12.2. The summed E-state index contributed by atoms with van der Waals surface area (Å²) in [6, 6.07) is 6.97. The molecule has 0 amide bonds. The minimum Gasteiger partial charge on any atom is -0.370 e. The summed E-state index contributed by atoms with van der Waals surface area (Å²) in [4.78, 5) is 7.16. The van der Waals surface area contributed by atoms with Gasteiger partial charge < -0.3 is 10.2 Å². The van der Waals surface area contributed by atoms with E-state index in [9.17, 15) is 0 Å². The lowest BCUT2D eigenvalue weighted by atomic mass is 10.2. The molecule has 3 heteroatoms. The highest BCUT2D eigenvalue weighted by Crippen LogP contribution is 2.26. The van der Waals surface area contributed by atoms with Gasteiger partial charge in [0.05, 0.1) is 0 Å². The molecule has 1 aliphatic rings. The molecule has 1 aromatic rings. The van der Waals surface area contributed by atoms with Gasteiger partial charge in [-0.15, -0.1) is 0 Å². The maximum Gasteiger partial charge on any atom is 0.131 e. The van der Waals surface area contributed by atoms with Gasteiger partial charge in [0.25, 0.3) is 0 Å². The van der Waals surface area contributed by atoms with Gasteiger partial charge in [-0.1, -0.05) is 19.9 Å². The summed E-state index contributed by atoms with van der Waals surface area (Å²) in [6.07, 6.45) is 4.96. The number of nitrogens with one attached hydrogen (secondary N) is 1. The highest BCUT2D eigenvalue weighted by atomic mass is 15.2. The number of anilines is 2. The third-order valence-corrected chi connectivity index (χ3v) is 3.43. The van der Waals surface area contributed by atoms with Crippen molar-refractivity contribution >= 4 is 11.6 Å². The molecule has 17 heavy (non-hydrogen) atoms. The van der Waals surface area contributed by atoms with E-state index in [0.29, 0.717) is 6.04 Å². The SMILES string of the molecule is CCCNc1cccc(N2CCCC2CC)n1. The molecule has 0 bridgehead atoms. The third kappa shape index (κ3) is 2.90. The van der Waals surface area contributed by atoms with E-state index >= 15 is 0 Å². The van der Waals surface area contributed by atoms with E-state index in [0.717, 1.165) is 31.1 Å². The monoisotopic (exact) mass is 233 g/mol. The zero-order chi connectivity index (χ0) is 12.1. The van der Waals surface area contributed by atoms with E-state index in [1.165, 1.54) is 19.3 Å². The minimum absolute atomic E-state index is 0.684. The second-order valence-electron chi connectivity index (χ2n) is 4.71. The lowest BCUT2D eigenvalue weighted by Gasteiger charge is -2.25. The smallest absolute Gasteiger partial charge is 0.131 e. The van der Waals surface area contributed by atoms with Crippen LogP contribution in [0.15, 0.2) is 18.2 Å². The summed E-state index contributed by atoms with van der Waals surface area (Å²) in [5.41, 5.74) is 0. The molecule has 0 aromatic carbocycles. The Bertz CT molecular complexity index is 351. The van der Waals surface area contributed by atoms with Crippen molar-refractivity contribution in [2.75, 3.05) is 23.3 Å². The first-order chi connectivity index (χ1) is 8.35. The van der Waals surface area contributed by atoms with E-state index in [1.54, 1.807) is 0 Å². The Hall–Kier alpha value is -1.25. The summed E-state index contributed by atoms with van der Waals surface area (Å²) < 4.78 is 0. The van der Waals surface area contributed by atoms with Crippen molar-refractivity contribution in [2.45, 2.75) is 45.6 Å². The Labute approximate surface area is 104 Å². The van der Waals surface area contributed by atoms with Gasteiger partial charge in [0.1, 0.15) is 11.6 Å². The number of hydrogen-bond donors (Lipinski definition) is 1. The summed E-state index contributed by atoms with van der Waals surface area (Å²) >= 11 is 0. The fourth-order valence-corrected chi connectivity index (χ4v) is 2.50. The largest absolute Gasteiger partial charge is 0.370 e. The van der Waals surface area contributed by atoms with Gasteiger partial charge >= 0.3 is 0 Å². The predicted molar refractivity (Wildman–Crippen MR) is 73.7 cm³/mol. The molecule has 1 atom stereocenters. The van der Waals surface area contributed by atoms with Gasteiger partial charge in [-0.05, 0) is 37.8 Å². The van der Waals surface area contributed by atoms with Gasteiger partial charge in [0.15, 0.2) is 0 Å². The van der Waals surface area contributed by atoms with Crippen LogP contribution in [-0.4, -0.2) is 24.1 Å². The number of nitrogens with zero attached hydrogens (tertiary/aromatic N) is 2. The van der Waals surface area contributed by atoms with Gasteiger partial charge in [0.2, 0.25) is 0 Å². The number of pyridine rings is 1. The molecule has 1 N–H and O–H groups in total. The first-order valence-electron chi connectivity index (χ1n) is 6.82. The van der Waals surface area contributed by atoms with Crippen molar-refractivity contribution in [3.63, 3.8) is 0 Å². The lowest BCUT2D eigenvalue weighted by molar-refractivity contribution is 0.641. The van der Waals surface area contributed by atoms with Crippen LogP contribution in [-0.2, 0) is 0 Å². The Morgan fingerprint density at radius 3 is 3.06 bits per heavy atom. The number of rotatable bonds is 5. The fraction of sp³-hybridized carbons (Fsp3) is 0.643. The second kappa shape index (κ2) is 5.89. The van der Waals surface area contributed by atoms with Crippen molar-refractivity contribution in [2.24, 2.45) is 0 Å². The number of hydrogen-bond acceptors (Lipinski definition) is 3. The molecular formula is C14H23N3. The molecule has 1 aliphatic heterocycles. The molecule has 1 saturated heterocycles. The van der Waals surface area contributed by atoms with Crippen molar-refractivity contribution < 1.29 is 0 Å². The Kier molecular flexibility index (Phi) is 4.24. The van der Waals surface area contributed by atoms with Crippen LogP contribution in [0.3, 0.4) is 0 Å². The fourth-order valence-electron chi connectivity index (χ4n) is 2.50. The Balaban J connectivity index is 2.09. The van der Waals surface area contributed by atoms with Crippen molar-refractivity contribution in [1.29, 1.82) is 0 Å². The maximum atomic E-state index is 4.71. The van der Waals surface area contributed by atoms with Gasteiger partial charge in [-0.2, -0.15) is 0 Å².